The SMILES string of the molecule is C=C(Cl)Cc1cccc(C#N)c1. The molecule has 0 aliphatic heterocycles. The van der Waals surface area contributed by atoms with Gasteiger partial charge in [0.15, 0.2) is 0 Å². The van der Waals surface area contributed by atoms with Gasteiger partial charge in [0, 0.05) is 11.5 Å². The molecule has 0 saturated heterocycles. The first-order valence-electron chi connectivity index (χ1n) is 3.54. The molecule has 0 radical (unpaired) electrons. The Morgan fingerprint density at radius 2 is 2.33 bits per heavy atom. The second-order valence-corrected chi connectivity index (χ2v) is 3.04. The summed E-state index contributed by atoms with van der Waals surface area (Å²) in [6.07, 6.45) is 0.622. The Morgan fingerprint density at radius 3 is 2.92 bits per heavy atom. The highest BCUT2D eigenvalue weighted by atomic mass is 35.5. The Bertz CT molecular complexity index is 336. The van der Waals surface area contributed by atoms with E-state index in [-0.39, 0.29) is 0 Å². The lowest BCUT2D eigenvalue weighted by atomic mass is 10.1. The average Bonchev–Trinajstić information content (AvgIpc) is 2.03. The van der Waals surface area contributed by atoms with E-state index in [1.807, 2.05) is 18.2 Å². The van der Waals surface area contributed by atoms with E-state index in [0.717, 1.165) is 5.56 Å². The van der Waals surface area contributed by atoms with E-state index < -0.39 is 0 Å². The Hall–Kier alpha value is -1.26. The fourth-order valence-electron chi connectivity index (χ4n) is 0.972. The van der Waals surface area contributed by atoms with Crippen LogP contribution in [0.15, 0.2) is 35.9 Å². The summed E-state index contributed by atoms with van der Waals surface area (Å²) in [5.74, 6) is 0. The number of benzene rings is 1. The van der Waals surface area contributed by atoms with Crippen molar-refractivity contribution in [3.63, 3.8) is 0 Å². The summed E-state index contributed by atoms with van der Waals surface area (Å²) in [4.78, 5) is 0. The first-order chi connectivity index (χ1) is 5.72. The second kappa shape index (κ2) is 3.94. The quantitative estimate of drug-likeness (QED) is 0.682. The summed E-state index contributed by atoms with van der Waals surface area (Å²) in [6.45, 7) is 3.59. The van der Waals surface area contributed by atoms with Crippen molar-refractivity contribution in [3.8, 4) is 6.07 Å². The van der Waals surface area contributed by atoms with Crippen LogP contribution in [-0.4, -0.2) is 0 Å². The van der Waals surface area contributed by atoms with Gasteiger partial charge in [0.25, 0.3) is 0 Å². The average molecular weight is 178 g/mol. The molecule has 0 aliphatic rings. The van der Waals surface area contributed by atoms with Crippen LogP contribution in [0.4, 0.5) is 0 Å². The maximum atomic E-state index is 8.59. The van der Waals surface area contributed by atoms with E-state index in [1.165, 1.54) is 0 Å². The van der Waals surface area contributed by atoms with Crippen LogP contribution in [-0.2, 0) is 6.42 Å². The molecule has 0 fully saturated rings. The third-order valence-electron chi connectivity index (χ3n) is 1.45. The molecule has 0 aromatic heterocycles. The molecule has 60 valence electrons. The zero-order chi connectivity index (χ0) is 8.97. The molecule has 0 atom stereocenters. The van der Waals surface area contributed by atoms with Gasteiger partial charge in [-0.15, -0.1) is 0 Å². The van der Waals surface area contributed by atoms with E-state index in [2.05, 4.69) is 12.6 Å². The van der Waals surface area contributed by atoms with Gasteiger partial charge in [0.1, 0.15) is 0 Å². The van der Waals surface area contributed by atoms with Crippen LogP contribution in [0.5, 0.6) is 0 Å². The normalized spacial score (nSPS) is 9.00. The van der Waals surface area contributed by atoms with Gasteiger partial charge in [-0.25, -0.2) is 0 Å². The molecule has 1 nitrogen and oxygen atoms in total. The summed E-state index contributed by atoms with van der Waals surface area (Å²) >= 11 is 5.63. The molecular weight excluding hydrogens is 170 g/mol. The first kappa shape index (κ1) is 8.83. The highest BCUT2D eigenvalue weighted by Gasteiger charge is 1.95. The van der Waals surface area contributed by atoms with E-state index in [4.69, 9.17) is 16.9 Å². The van der Waals surface area contributed by atoms with Gasteiger partial charge in [-0.05, 0) is 17.7 Å². The van der Waals surface area contributed by atoms with Gasteiger partial charge in [-0.1, -0.05) is 30.3 Å². The van der Waals surface area contributed by atoms with Crippen LogP contribution in [0.3, 0.4) is 0 Å². The Balaban J connectivity index is 2.88. The molecule has 0 heterocycles. The third-order valence-corrected chi connectivity index (χ3v) is 1.59. The molecule has 0 aliphatic carbocycles. The Labute approximate surface area is 76.9 Å². The molecule has 0 spiro atoms. The minimum Gasteiger partial charge on any atom is -0.192 e. The zero-order valence-corrected chi connectivity index (χ0v) is 7.30. The monoisotopic (exact) mass is 177 g/mol. The van der Waals surface area contributed by atoms with Crippen molar-refractivity contribution in [3.05, 3.63) is 47.0 Å². The van der Waals surface area contributed by atoms with Crippen LogP contribution in [0.2, 0.25) is 0 Å². The smallest absolute Gasteiger partial charge is 0.0991 e. The van der Waals surface area contributed by atoms with E-state index in [1.54, 1.807) is 6.07 Å². The van der Waals surface area contributed by atoms with Crippen molar-refractivity contribution in [1.82, 2.24) is 0 Å². The van der Waals surface area contributed by atoms with Gasteiger partial charge in [-0.2, -0.15) is 5.26 Å². The summed E-state index contributed by atoms with van der Waals surface area (Å²) in [6, 6.07) is 9.41. The van der Waals surface area contributed by atoms with E-state index in [9.17, 15) is 0 Å². The molecule has 0 N–H and O–H groups in total. The predicted molar refractivity (Wildman–Crippen MR) is 49.9 cm³/mol. The highest BCUT2D eigenvalue weighted by molar-refractivity contribution is 6.29. The fourth-order valence-corrected chi connectivity index (χ4v) is 1.13. The highest BCUT2D eigenvalue weighted by Crippen LogP contribution is 2.10. The Kier molecular flexibility index (Phi) is 2.90. The molecule has 0 saturated carbocycles. The minimum absolute atomic E-state index is 0.588. The number of allylic oxidation sites excluding steroid dienone is 1. The standard InChI is InChI=1S/C10H8ClN/c1-8(11)5-9-3-2-4-10(6-9)7-12/h2-4,6H,1,5H2. The van der Waals surface area contributed by atoms with E-state index >= 15 is 0 Å². The molecule has 12 heavy (non-hydrogen) atoms. The minimum atomic E-state index is 0.588. The summed E-state index contributed by atoms with van der Waals surface area (Å²) in [5.41, 5.74) is 1.68. The van der Waals surface area contributed by atoms with Crippen molar-refractivity contribution >= 4 is 11.6 Å². The lowest BCUT2D eigenvalue weighted by Crippen LogP contribution is -1.84. The molecule has 1 rings (SSSR count). The summed E-state index contributed by atoms with van der Waals surface area (Å²) < 4.78 is 0. The lowest BCUT2D eigenvalue weighted by molar-refractivity contribution is 1.24. The van der Waals surface area contributed by atoms with Gasteiger partial charge >= 0.3 is 0 Å². The van der Waals surface area contributed by atoms with E-state index in [0.29, 0.717) is 17.0 Å². The van der Waals surface area contributed by atoms with Gasteiger partial charge < -0.3 is 0 Å². The first-order valence-corrected chi connectivity index (χ1v) is 3.92. The summed E-state index contributed by atoms with van der Waals surface area (Å²) in [5, 5.41) is 9.18. The molecule has 0 bridgehead atoms. The molecular formula is C10H8ClN. The van der Waals surface area contributed by atoms with Crippen molar-refractivity contribution in [2.45, 2.75) is 6.42 Å². The van der Waals surface area contributed by atoms with Gasteiger partial charge in [0.05, 0.1) is 11.6 Å². The van der Waals surface area contributed by atoms with Gasteiger partial charge in [0.2, 0.25) is 0 Å². The van der Waals surface area contributed by atoms with Crippen molar-refractivity contribution in [2.75, 3.05) is 0 Å². The number of hydrogen-bond donors (Lipinski definition) is 0. The van der Waals surface area contributed by atoms with Crippen LogP contribution < -0.4 is 0 Å². The maximum absolute atomic E-state index is 8.59. The van der Waals surface area contributed by atoms with Crippen molar-refractivity contribution in [2.24, 2.45) is 0 Å². The number of nitrogens with zero attached hydrogens (tertiary/aromatic N) is 1. The number of nitriles is 1. The van der Waals surface area contributed by atoms with Crippen molar-refractivity contribution < 1.29 is 0 Å². The number of hydrogen-bond acceptors (Lipinski definition) is 1. The molecule has 1 aromatic carbocycles. The summed E-state index contributed by atoms with van der Waals surface area (Å²) in [7, 11) is 0. The third kappa shape index (κ3) is 2.41. The molecule has 2 heteroatoms. The zero-order valence-electron chi connectivity index (χ0n) is 6.55. The second-order valence-electron chi connectivity index (χ2n) is 2.51. The molecule has 1 aromatic rings. The largest absolute Gasteiger partial charge is 0.192 e. The fraction of sp³-hybridized carbons (Fsp3) is 0.100. The maximum Gasteiger partial charge on any atom is 0.0991 e. The Morgan fingerprint density at radius 1 is 1.58 bits per heavy atom. The van der Waals surface area contributed by atoms with Crippen LogP contribution in [0.1, 0.15) is 11.1 Å². The topological polar surface area (TPSA) is 23.8 Å². The predicted octanol–water partition coefficient (Wildman–Crippen LogP) is 2.85. The van der Waals surface area contributed by atoms with Crippen LogP contribution in [0.25, 0.3) is 0 Å². The molecule has 0 unspecified atom stereocenters. The van der Waals surface area contributed by atoms with Crippen molar-refractivity contribution in [1.29, 1.82) is 5.26 Å². The number of rotatable bonds is 2. The van der Waals surface area contributed by atoms with Crippen LogP contribution >= 0.6 is 11.6 Å². The lowest BCUT2D eigenvalue weighted by Gasteiger charge is -1.98. The molecule has 0 amide bonds. The number of halogens is 1. The van der Waals surface area contributed by atoms with Gasteiger partial charge in [-0.3, -0.25) is 0 Å². The van der Waals surface area contributed by atoms with Crippen LogP contribution in [0, 0.1) is 11.3 Å².